The summed E-state index contributed by atoms with van der Waals surface area (Å²) in [5.41, 5.74) is 0.563. The minimum absolute atomic E-state index is 0.180. The van der Waals surface area contributed by atoms with Crippen LogP contribution in [0.25, 0.3) is 0 Å². The summed E-state index contributed by atoms with van der Waals surface area (Å²) in [5, 5.41) is 5.36. The Balaban J connectivity index is 2.84. The van der Waals surface area contributed by atoms with Crippen LogP contribution < -0.4 is 10.6 Å². The number of amides is 1. The highest BCUT2D eigenvalue weighted by atomic mass is 32.2. The highest BCUT2D eigenvalue weighted by Gasteiger charge is 2.16. The van der Waals surface area contributed by atoms with Gasteiger partial charge in [0.05, 0.1) is 11.4 Å². The fraction of sp³-hybridized carbons (Fsp3) is 0.364. The van der Waals surface area contributed by atoms with Crippen molar-refractivity contribution in [2.24, 2.45) is 0 Å². The van der Waals surface area contributed by atoms with Gasteiger partial charge in [0.15, 0.2) is 0 Å². The average Bonchev–Trinajstić information content (AvgIpc) is 2.29. The van der Waals surface area contributed by atoms with Crippen molar-refractivity contribution in [3.8, 4) is 0 Å². The third kappa shape index (κ3) is 3.52. The Hall–Kier alpha value is -1.44. The maximum Gasteiger partial charge on any atom is 0.242 e. The summed E-state index contributed by atoms with van der Waals surface area (Å²) >= 11 is 0. The van der Waals surface area contributed by atoms with Gasteiger partial charge in [0.25, 0.3) is 0 Å². The van der Waals surface area contributed by atoms with E-state index in [4.69, 9.17) is 0 Å². The van der Waals surface area contributed by atoms with Gasteiger partial charge in [-0.2, -0.15) is 0 Å². The summed E-state index contributed by atoms with van der Waals surface area (Å²) in [6.07, 6.45) is 0. The predicted octanol–water partition coefficient (Wildman–Crippen LogP) is 0.0948. The monoisotopic (exact) mass is 271 g/mol. The van der Waals surface area contributed by atoms with Crippen molar-refractivity contribution >= 4 is 21.6 Å². The molecule has 0 radical (unpaired) electrons. The highest BCUT2D eigenvalue weighted by molar-refractivity contribution is 7.89. The van der Waals surface area contributed by atoms with E-state index in [1.807, 2.05) is 0 Å². The second kappa shape index (κ2) is 5.94. The number of nitrogens with zero attached hydrogens (tertiary/aromatic N) is 1. The van der Waals surface area contributed by atoms with Crippen LogP contribution >= 0.6 is 0 Å². The third-order valence-corrected chi connectivity index (χ3v) is 4.08. The highest BCUT2D eigenvalue weighted by Crippen LogP contribution is 2.16. The second-order valence-corrected chi connectivity index (χ2v) is 6.04. The van der Waals surface area contributed by atoms with Gasteiger partial charge in [0.1, 0.15) is 0 Å². The number of benzene rings is 1. The van der Waals surface area contributed by atoms with Crippen LogP contribution in [0, 0.1) is 0 Å². The molecule has 0 aliphatic carbocycles. The number of rotatable bonds is 5. The standard InChI is InChI=1S/C11H17N3O3S/c1-12-8-11(15)13-9-4-6-10(7-5-9)18(16,17)14(2)3/h4-7,12H,8H2,1-3H3,(H,13,15). The summed E-state index contributed by atoms with van der Waals surface area (Å²) in [5.74, 6) is -0.180. The molecule has 0 saturated carbocycles. The molecule has 0 saturated heterocycles. The molecule has 1 aromatic carbocycles. The number of sulfonamides is 1. The van der Waals surface area contributed by atoms with Crippen LogP contribution in [0.2, 0.25) is 0 Å². The molecule has 0 unspecified atom stereocenters. The Morgan fingerprint density at radius 2 is 1.78 bits per heavy atom. The van der Waals surface area contributed by atoms with Gasteiger partial charge in [-0.15, -0.1) is 0 Å². The molecule has 100 valence electrons. The first-order chi connectivity index (χ1) is 8.37. The van der Waals surface area contributed by atoms with Gasteiger partial charge >= 0.3 is 0 Å². The van der Waals surface area contributed by atoms with Crippen molar-refractivity contribution in [2.75, 3.05) is 33.0 Å². The number of likely N-dealkylation sites (N-methyl/N-ethyl adjacent to an activating group) is 1. The van der Waals surface area contributed by atoms with Crippen molar-refractivity contribution in [3.05, 3.63) is 24.3 Å². The maximum absolute atomic E-state index is 11.8. The molecular formula is C11H17N3O3S. The molecule has 18 heavy (non-hydrogen) atoms. The van der Waals surface area contributed by atoms with E-state index >= 15 is 0 Å². The summed E-state index contributed by atoms with van der Waals surface area (Å²) in [6, 6.07) is 6.04. The zero-order chi connectivity index (χ0) is 13.8. The van der Waals surface area contributed by atoms with Crippen LogP contribution in [0.5, 0.6) is 0 Å². The van der Waals surface area contributed by atoms with Crippen molar-refractivity contribution in [2.45, 2.75) is 4.90 Å². The normalized spacial score (nSPS) is 11.6. The molecule has 0 aliphatic heterocycles. The minimum atomic E-state index is -3.42. The van der Waals surface area contributed by atoms with Gasteiger partial charge < -0.3 is 10.6 Å². The molecule has 0 bridgehead atoms. The van der Waals surface area contributed by atoms with Crippen LogP contribution in [0.3, 0.4) is 0 Å². The van der Waals surface area contributed by atoms with Gasteiger partial charge in [0, 0.05) is 19.8 Å². The SMILES string of the molecule is CNCC(=O)Nc1ccc(S(=O)(=O)N(C)C)cc1. The Morgan fingerprint density at radius 3 is 2.22 bits per heavy atom. The van der Waals surface area contributed by atoms with Gasteiger partial charge in [-0.25, -0.2) is 12.7 Å². The quantitative estimate of drug-likeness (QED) is 0.796. The molecule has 0 spiro atoms. The zero-order valence-electron chi connectivity index (χ0n) is 10.6. The van der Waals surface area contributed by atoms with Crippen LogP contribution in [0.1, 0.15) is 0 Å². The molecule has 0 fully saturated rings. The Bertz CT molecular complexity index is 509. The van der Waals surface area contributed by atoms with Gasteiger partial charge in [-0.1, -0.05) is 0 Å². The number of hydrogen-bond donors (Lipinski definition) is 2. The number of carbonyl (C=O) groups excluding carboxylic acids is 1. The lowest BCUT2D eigenvalue weighted by molar-refractivity contribution is -0.115. The van der Waals surface area contributed by atoms with E-state index in [1.165, 1.54) is 26.2 Å². The number of anilines is 1. The largest absolute Gasteiger partial charge is 0.325 e. The van der Waals surface area contributed by atoms with Crippen LogP contribution in [-0.4, -0.2) is 46.3 Å². The minimum Gasteiger partial charge on any atom is -0.325 e. The lowest BCUT2D eigenvalue weighted by atomic mass is 10.3. The van der Waals surface area contributed by atoms with Crippen LogP contribution in [0.4, 0.5) is 5.69 Å². The Morgan fingerprint density at radius 1 is 1.22 bits per heavy atom. The predicted molar refractivity (Wildman–Crippen MR) is 69.9 cm³/mol. The van der Waals surface area contributed by atoms with E-state index in [0.29, 0.717) is 5.69 Å². The molecule has 2 N–H and O–H groups in total. The molecule has 6 nitrogen and oxygen atoms in total. The van der Waals surface area contributed by atoms with E-state index in [2.05, 4.69) is 10.6 Å². The first-order valence-corrected chi connectivity index (χ1v) is 6.79. The van der Waals surface area contributed by atoms with Gasteiger partial charge in [0.2, 0.25) is 15.9 Å². The smallest absolute Gasteiger partial charge is 0.242 e. The first-order valence-electron chi connectivity index (χ1n) is 5.35. The molecule has 0 aromatic heterocycles. The second-order valence-electron chi connectivity index (χ2n) is 3.89. The summed E-state index contributed by atoms with van der Waals surface area (Å²) < 4.78 is 24.7. The summed E-state index contributed by atoms with van der Waals surface area (Å²) in [7, 11) is 1.19. The average molecular weight is 271 g/mol. The number of nitrogens with one attached hydrogen (secondary N) is 2. The number of hydrogen-bond acceptors (Lipinski definition) is 4. The van der Waals surface area contributed by atoms with E-state index in [9.17, 15) is 13.2 Å². The van der Waals surface area contributed by atoms with E-state index in [0.717, 1.165) is 4.31 Å². The third-order valence-electron chi connectivity index (χ3n) is 2.25. The van der Waals surface area contributed by atoms with E-state index in [1.54, 1.807) is 19.2 Å². The summed E-state index contributed by atoms with van der Waals surface area (Å²) in [4.78, 5) is 11.5. The molecule has 0 heterocycles. The fourth-order valence-electron chi connectivity index (χ4n) is 1.29. The van der Waals surface area contributed by atoms with Crippen molar-refractivity contribution in [1.29, 1.82) is 0 Å². The molecule has 1 aromatic rings. The van der Waals surface area contributed by atoms with Crippen LogP contribution in [-0.2, 0) is 14.8 Å². The topological polar surface area (TPSA) is 78.5 Å². The zero-order valence-corrected chi connectivity index (χ0v) is 11.4. The van der Waals surface area contributed by atoms with Crippen molar-refractivity contribution < 1.29 is 13.2 Å². The molecule has 1 rings (SSSR count). The number of carbonyl (C=O) groups is 1. The van der Waals surface area contributed by atoms with Crippen LogP contribution in [0.15, 0.2) is 29.2 Å². The molecule has 7 heteroatoms. The molecule has 0 atom stereocenters. The molecule has 0 aliphatic rings. The first kappa shape index (κ1) is 14.6. The Labute approximate surface area is 107 Å². The van der Waals surface area contributed by atoms with Crippen molar-refractivity contribution in [1.82, 2.24) is 9.62 Å². The fourth-order valence-corrected chi connectivity index (χ4v) is 2.19. The van der Waals surface area contributed by atoms with Gasteiger partial charge in [-0.3, -0.25) is 4.79 Å². The lowest BCUT2D eigenvalue weighted by Gasteiger charge is -2.11. The lowest BCUT2D eigenvalue weighted by Crippen LogP contribution is -2.25. The van der Waals surface area contributed by atoms with E-state index in [-0.39, 0.29) is 17.3 Å². The maximum atomic E-state index is 11.8. The summed E-state index contributed by atoms with van der Waals surface area (Å²) in [6.45, 7) is 0.206. The molecule has 1 amide bonds. The van der Waals surface area contributed by atoms with E-state index < -0.39 is 10.0 Å². The van der Waals surface area contributed by atoms with Gasteiger partial charge in [-0.05, 0) is 31.3 Å². The molecular weight excluding hydrogens is 254 g/mol. The van der Waals surface area contributed by atoms with Crippen molar-refractivity contribution in [3.63, 3.8) is 0 Å². The Kier molecular flexibility index (Phi) is 4.83.